The Morgan fingerprint density at radius 3 is 2.57 bits per heavy atom. The highest BCUT2D eigenvalue weighted by molar-refractivity contribution is 5.78. The van der Waals surface area contributed by atoms with E-state index in [1.54, 1.807) is 10.9 Å². The predicted octanol–water partition coefficient (Wildman–Crippen LogP) is 1.40. The summed E-state index contributed by atoms with van der Waals surface area (Å²) in [6.07, 6.45) is 5.16. The fourth-order valence-electron chi connectivity index (χ4n) is 2.59. The van der Waals surface area contributed by atoms with E-state index in [1.165, 1.54) is 0 Å². The van der Waals surface area contributed by atoms with E-state index >= 15 is 0 Å². The summed E-state index contributed by atoms with van der Waals surface area (Å²) in [5.74, 6) is 0.133. The Labute approximate surface area is 123 Å². The minimum atomic E-state index is -0.248. The molecule has 1 aliphatic rings. The molecule has 0 bridgehead atoms. The van der Waals surface area contributed by atoms with Crippen molar-refractivity contribution in [2.75, 3.05) is 13.1 Å². The van der Waals surface area contributed by atoms with Crippen LogP contribution in [0.3, 0.4) is 0 Å². The number of amides is 1. The molecule has 1 aromatic heterocycles. The largest absolute Gasteiger partial charge is 0.393 e. The molecule has 1 aromatic carbocycles. The lowest BCUT2D eigenvalue weighted by Gasteiger charge is -2.29. The number of nitrogens with zero attached hydrogens (tertiary/aromatic N) is 3. The van der Waals surface area contributed by atoms with Crippen LogP contribution in [-0.4, -0.2) is 44.9 Å². The Kier molecular flexibility index (Phi) is 4.01. The highest BCUT2D eigenvalue weighted by Gasteiger charge is 2.21. The van der Waals surface area contributed by atoms with Gasteiger partial charge in [0.1, 0.15) is 0 Å². The lowest BCUT2D eigenvalue weighted by Crippen LogP contribution is -2.40. The number of carbonyl (C=O) groups is 1. The average Bonchev–Trinajstić information content (AvgIpc) is 3.03. The zero-order valence-corrected chi connectivity index (χ0v) is 11.9. The van der Waals surface area contributed by atoms with Crippen LogP contribution in [0, 0.1) is 0 Å². The number of piperidine rings is 1. The van der Waals surface area contributed by atoms with E-state index in [-0.39, 0.29) is 12.0 Å². The Morgan fingerprint density at radius 1 is 1.24 bits per heavy atom. The van der Waals surface area contributed by atoms with Crippen molar-refractivity contribution in [3.05, 3.63) is 48.3 Å². The van der Waals surface area contributed by atoms with Crippen molar-refractivity contribution in [2.45, 2.75) is 25.4 Å². The van der Waals surface area contributed by atoms with Crippen LogP contribution < -0.4 is 0 Å². The fraction of sp³-hybridized carbons (Fsp3) is 0.375. The SMILES string of the molecule is O=C(Cc1ccc(-n2cccn2)cc1)N1CCC(O)CC1. The summed E-state index contributed by atoms with van der Waals surface area (Å²) in [6, 6.07) is 9.74. The van der Waals surface area contributed by atoms with Gasteiger partial charge >= 0.3 is 0 Å². The van der Waals surface area contributed by atoms with Gasteiger partial charge in [0.25, 0.3) is 0 Å². The van der Waals surface area contributed by atoms with Gasteiger partial charge in [0, 0.05) is 25.5 Å². The minimum absolute atomic E-state index is 0.133. The third kappa shape index (κ3) is 3.31. The summed E-state index contributed by atoms with van der Waals surface area (Å²) >= 11 is 0. The van der Waals surface area contributed by atoms with Crippen molar-refractivity contribution in [2.24, 2.45) is 0 Å². The highest BCUT2D eigenvalue weighted by atomic mass is 16.3. The van der Waals surface area contributed by atoms with Crippen LogP contribution in [0.4, 0.5) is 0 Å². The van der Waals surface area contributed by atoms with E-state index in [0.717, 1.165) is 11.3 Å². The van der Waals surface area contributed by atoms with Crippen molar-refractivity contribution in [3.8, 4) is 5.69 Å². The highest BCUT2D eigenvalue weighted by Crippen LogP contribution is 2.13. The molecule has 0 unspecified atom stereocenters. The maximum Gasteiger partial charge on any atom is 0.226 e. The third-order valence-corrected chi connectivity index (χ3v) is 3.88. The topological polar surface area (TPSA) is 58.4 Å². The molecule has 0 saturated carbocycles. The van der Waals surface area contributed by atoms with Crippen molar-refractivity contribution in [3.63, 3.8) is 0 Å². The van der Waals surface area contributed by atoms with Gasteiger partial charge in [0.15, 0.2) is 0 Å². The van der Waals surface area contributed by atoms with E-state index in [4.69, 9.17) is 0 Å². The summed E-state index contributed by atoms with van der Waals surface area (Å²) in [4.78, 5) is 14.1. The van der Waals surface area contributed by atoms with E-state index in [1.807, 2.05) is 41.4 Å². The lowest BCUT2D eigenvalue weighted by molar-refractivity contribution is -0.132. The van der Waals surface area contributed by atoms with Crippen LogP contribution in [0.25, 0.3) is 5.69 Å². The molecule has 110 valence electrons. The summed E-state index contributed by atoms with van der Waals surface area (Å²) in [5, 5.41) is 13.6. The Bertz CT molecular complexity index is 584. The molecule has 5 heteroatoms. The molecule has 1 saturated heterocycles. The maximum atomic E-state index is 12.2. The second-order valence-corrected chi connectivity index (χ2v) is 5.41. The number of hydrogen-bond donors (Lipinski definition) is 1. The first-order chi connectivity index (χ1) is 10.2. The van der Waals surface area contributed by atoms with Crippen LogP contribution in [-0.2, 0) is 11.2 Å². The smallest absolute Gasteiger partial charge is 0.226 e. The second kappa shape index (κ2) is 6.10. The molecule has 1 aliphatic heterocycles. The molecule has 0 atom stereocenters. The molecule has 0 spiro atoms. The number of benzene rings is 1. The van der Waals surface area contributed by atoms with Gasteiger partial charge in [-0.1, -0.05) is 12.1 Å². The number of hydrogen-bond acceptors (Lipinski definition) is 3. The molecule has 2 aromatic rings. The zero-order chi connectivity index (χ0) is 14.7. The first-order valence-electron chi connectivity index (χ1n) is 7.27. The quantitative estimate of drug-likeness (QED) is 0.927. The number of likely N-dealkylation sites (tertiary alicyclic amines) is 1. The van der Waals surface area contributed by atoms with Crippen molar-refractivity contribution in [1.82, 2.24) is 14.7 Å². The maximum absolute atomic E-state index is 12.2. The van der Waals surface area contributed by atoms with Gasteiger partial charge in [0.2, 0.25) is 5.91 Å². The van der Waals surface area contributed by atoms with Crippen LogP contribution in [0.15, 0.2) is 42.7 Å². The normalized spacial score (nSPS) is 16.1. The van der Waals surface area contributed by atoms with E-state index in [0.29, 0.717) is 32.4 Å². The van der Waals surface area contributed by atoms with E-state index in [2.05, 4.69) is 5.10 Å². The molecule has 3 rings (SSSR count). The molecule has 2 heterocycles. The van der Waals surface area contributed by atoms with Crippen molar-refractivity contribution in [1.29, 1.82) is 0 Å². The van der Waals surface area contributed by atoms with E-state index < -0.39 is 0 Å². The zero-order valence-electron chi connectivity index (χ0n) is 11.9. The van der Waals surface area contributed by atoms with E-state index in [9.17, 15) is 9.90 Å². The fourth-order valence-corrected chi connectivity index (χ4v) is 2.59. The van der Waals surface area contributed by atoms with Gasteiger partial charge in [-0.2, -0.15) is 5.10 Å². The molecule has 1 N–H and O–H groups in total. The molecule has 5 nitrogen and oxygen atoms in total. The summed E-state index contributed by atoms with van der Waals surface area (Å²) < 4.78 is 1.79. The average molecular weight is 285 g/mol. The number of rotatable bonds is 3. The van der Waals surface area contributed by atoms with Gasteiger partial charge < -0.3 is 10.0 Å². The van der Waals surface area contributed by atoms with Crippen LogP contribution in [0.2, 0.25) is 0 Å². The van der Waals surface area contributed by atoms with Crippen molar-refractivity contribution >= 4 is 5.91 Å². The predicted molar refractivity (Wildman–Crippen MR) is 79.1 cm³/mol. The number of carbonyl (C=O) groups excluding carboxylic acids is 1. The lowest BCUT2D eigenvalue weighted by atomic mass is 10.1. The molecule has 21 heavy (non-hydrogen) atoms. The van der Waals surface area contributed by atoms with Gasteiger partial charge in [0.05, 0.1) is 18.2 Å². The first kappa shape index (κ1) is 13.8. The van der Waals surface area contributed by atoms with Crippen LogP contribution >= 0.6 is 0 Å². The van der Waals surface area contributed by atoms with Gasteiger partial charge in [-0.25, -0.2) is 4.68 Å². The Balaban J connectivity index is 1.61. The van der Waals surface area contributed by atoms with Gasteiger partial charge in [-0.15, -0.1) is 0 Å². The van der Waals surface area contributed by atoms with Gasteiger partial charge in [-0.3, -0.25) is 4.79 Å². The molecule has 1 amide bonds. The number of aromatic nitrogens is 2. The second-order valence-electron chi connectivity index (χ2n) is 5.41. The monoisotopic (exact) mass is 285 g/mol. The Hall–Kier alpha value is -2.14. The summed E-state index contributed by atoms with van der Waals surface area (Å²) in [6.45, 7) is 1.32. The Morgan fingerprint density at radius 2 is 1.95 bits per heavy atom. The molecule has 0 aliphatic carbocycles. The molecule has 0 radical (unpaired) electrons. The van der Waals surface area contributed by atoms with Crippen LogP contribution in [0.1, 0.15) is 18.4 Å². The standard InChI is InChI=1S/C16H19N3O2/c20-15-6-10-18(11-7-15)16(21)12-13-2-4-14(5-3-13)19-9-1-8-17-19/h1-5,8-9,15,20H,6-7,10-12H2. The van der Waals surface area contributed by atoms with Gasteiger partial charge in [-0.05, 0) is 36.6 Å². The first-order valence-corrected chi connectivity index (χ1v) is 7.27. The van der Waals surface area contributed by atoms with Crippen LogP contribution in [0.5, 0.6) is 0 Å². The van der Waals surface area contributed by atoms with Crippen molar-refractivity contribution < 1.29 is 9.90 Å². The summed E-state index contributed by atoms with van der Waals surface area (Å²) in [7, 11) is 0. The minimum Gasteiger partial charge on any atom is -0.393 e. The number of aliphatic hydroxyl groups is 1. The third-order valence-electron chi connectivity index (χ3n) is 3.88. The molecular weight excluding hydrogens is 266 g/mol. The summed E-state index contributed by atoms with van der Waals surface area (Å²) in [5.41, 5.74) is 1.99. The molecule has 1 fully saturated rings. The molecular formula is C16H19N3O2. The number of aliphatic hydroxyl groups excluding tert-OH is 1.